The number of aliphatic hydroxyl groups excluding tert-OH is 1. The van der Waals surface area contributed by atoms with Gasteiger partial charge in [-0.3, -0.25) is 14.6 Å². The van der Waals surface area contributed by atoms with E-state index < -0.39 is 0 Å². The monoisotopic (exact) mass is 346 g/mol. The summed E-state index contributed by atoms with van der Waals surface area (Å²) in [7, 11) is 0. The summed E-state index contributed by atoms with van der Waals surface area (Å²) in [4.78, 5) is 28.6. The van der Waals surface area contributed by atoms with Crippen LogP contribution in [0.4, 0.5) is 5.69 Å². The van der Waals surface area contributed by atoms with E-state index in [4.69, 9.17) is 0 Å². The number of carbonyl (C=O) groups excluding carboxylic acids is 2. The van der Waals surface area contributed by atoms with E-state index in [1.807, 2.05) is 30.3 Å². The Morgan fingerprint density at radius 3 is 2.62 bits per heavy atom. The number of aliphatic hydroxyl groups is 1. The van der Waals surface area contributed by atoms with Gasteiger partial charge in [-0.1, -0.05) is 36.4 Å². The lowest BCUT2D eigenvalue weighted by Gasteiger charge is -2.22. The molecule has 0 radical (unpaired) electrons. The van der Waals surface area contributed by atoms with Crippen molar-refractivity contribution in [3.63, 3.8) is 0 Å². The van der Waals surface area contributed by atoms with Gasteiger partial charge < -0.3 is 10.4 Å². The summed E-state index contributed by atoms with van der Waals surface area (Å²) in [5, 5.41) is 13.1. The molecular weight excluding hydrogens is 328 g/mol. The van der Waals surface area contributed by atoms with Crippen molar-refractivity contribution in [3.05, 3.63) is 76.6 Å². The molecule has 0 spiro atoms. The second kappa shape index (κ2) is 6.59. The average molecular weight is 346 g/mol. The minimum Gasteiger partial charge on any atom is -0.511 e. The number of ketones is 1. The maximum absolute atomic E-state index is 12.5. The van der Waals surface area contributed by atoms with Gasteiger partial charge in [-0.15, -0.1) is 0 Å². The summed E-state index contributed by atoms with van der Waals surface area (Å²) >= 11 is 0. The Bertz CT molecular complexity index is 945. The predicted octanol–water partition coefficient (Wildman–Crippen LogP) is 3.59. The number of rotatable bonds is 3. The summed E-state index contributed by atoms with van der Waals surface area (Å²) in [6.45, 7) is 0.427. The van der Waals surface area contributed by atoms with Gasteiger partial charge in [0.2, 0.25) is 0 Å². The molecule has 0 bridgehead atoms. The standard InChI is InChI=1S/C21H18N2O3/c24-19-9-14(13-5-2-1-3-6-13)10-20(25)17(19)12-22-18-8-4-7-15-16(18)11-23-21(15)26/h1-8,12,14,24H,9-11H2,(H,23,26). The number of aliphatic imine (C=N–C) groups is 1. The lowest BCUT2D eigenvalue weighted by molar-refractivity contribution is -0.116. The van der Waals surface area contributed by atoms with E-state index in [9.17, 15) is 14.7 Å². The topological polar surface area (TPSA) is 78.8 Å². The number of hydrogen-bond donors (Lipinski definition) is 2. The molecule has 0 aromatic heterocycles. The molecule has 5 nitrogen and oxygen atoms in total. The van der Waals surface area contributed by atoms with E-state index in [1.54, 1.807) is 18.2 Å². The third-order valence-electron chi connectivity index (χ3n) is 4.91. The molecule has 2 aromatic carbocycles. The third-order valence-corrected chi connectivity index (χ3v) is 4.91. The largest absolute Gasteiger partial charge is 0.511 e. The highest BCUT2D eigenvalue weighted by molar-refractivity contribution is 6.15. The first kappa shape index (κ1) is 16.3. The average Bonchev–Trinajstić information content (AvgIpc) is 3.03. The molecule has 4 rings (SSSR count). The van der Waals surface area contributed by atoms with Crippen molar-refractivity contribution < 1.29 is 14.7 Å². The van der Waals surface area contributed by atoms with Gasteiger partial charge >= 0.3 is 0 Å². The van der Waals surface area contributed by atoms with Crippen molar-refractivity contribution in [1.29, 1.82) is 0 Å². The summed E-state index contributed by atoms with van der Waals surface area (Å²) in [5.41, 5.74) is 3.37. The molecule has 2 aliphatic rings. The Kier molecular flexibility index (Phi) is 4.13. The van der Waals surface area contributed by atoms with Gasteiger partial charge in [-0.2, -0.15) is 0 Å². The summed E-state index contributed by atoms with van der Waals surface area (Å²) < 4.78 is 0. The molecule has 1 aliphatic heterocycles. The Morgan fingerprint density at radius 2 is 1.85 bits per heavy atom. The van der Waals surface area contributed by atoms with E-state index in [1.165, 1.54) is 6.21 Å². The Hall–Kier alpha value is -3.21. The van der Waals surface area contributed by atoms with Gasteiger partial charge in [0.15, 0.2) is 5.78 Å². The van der Waals surface area contributed by atoms with E-state index in [0.717, 1.165) is 11.1 Å². The first-order valence-corrected chi connectivity index (χ1v) is 8.58. The first-order chi connectivity index (χ1) is 12.6. The fourth-order valence-electron chi connectivity index (χ4n) is 3.51. The van der Waals surface area contributed by atoms with E-state index in [0.29, 0.717) is 30.6 Å². The van der Waals surface area contributed by atoms with Gasteiger partial charge in [-0.05, 0) is 23.6 Å². The minimum atomic E-state index is -0.117. The molecule has 1 amide bonds. The first-order valence-electron chi connectivity index (χ1n) is 8.58. The zero-order chi connectivity index (χ0) is 18.1. The molecule has 1 unspecified atom stereocenters. The van der Waals surface area contributed by atoms with Crippen LogP contribution in [0.5, 0.6) is 0 Å². The summed E-state index contributed by atoms with van der Waals surface area (Å²) in [6.07, 6.45) is 2.20. The molecule has 130 valence electrons. The zero-order valence-corrected chi connectivity index (χ0v) is 14.1. The second-order valence-corrected chi connectivity index (χ2v) is 6.54. The number of carbonyl (C=O) groups is 2. The van der Waals surface area contributed by atoms with Crippen molar-refractivity contribution in [2.75, 3.05) is 0 Å². The number of amides is 1. The fourth-order valence-corrected chi connectivity index (χ4v) is 3.51. The lowest BCUT2D eigenvalue weighted by atomic mass is 9.83. The maximum atomic E-state index is 12.5. The van der Waals surface area contributed by atoms with Gasteiger partial charge in [0, 0.05) is 36.7 Å². The number of hydrogen-bond acceptors (Lipinski definition) is 4. The minimum absolute atomic E-state index is 0.0105. The lowest BCUT2D eigenvalue weighted by Crippen LogP contribution is -2.19. The van der Waals surface area contributed by atoms with Crippen molar-refractivity contribution in [3.8, 4) is 0 Å². The molecule has 2 N–H and O–H groups in total. The molecule has 5 heteroatoms. The zero-order valence-electron chi connectivity index (χ0n) is 14.1. The molecule has 0 saturated heterocycles. The molecular formula is C21H18N2O3. The van der Waals surface area contributed by atoms with Crippen LogP contribution in [0.1, 0.15) is 40.2 Å². The van der Waals surface area contributed by atoms with E-state index >= 15 is 0 Å². The smallest absolute Gasteiger partial charge is 0.251 e. The quantitative estimate of drug-likeness (QED) is 0.834. The van der Waals surface area contributed by atoms with E-state index in [2.05, 4.69) is 10.3 Å². The molecule has 26 heavy (non-hydrogen) atoms. The van der Waals surface area contributed by atoms with Crippen LogP contribution in [0.2, 0.25) is 0 Å². The number of Topliss-reactive ketones (excluding diaryl/α,β-unsaturated/α-hetero) is 1. The summed E-state index contributed by atoms with van der Waals surface area (Å²) in [6, 6.07) is 15.1. The van der Waals surface area contributed by atoms with Crippen molar-refractivity contribution in [2.45, 2.75) is 25.3 Å². The molecule has 0 saturated carbocycles. The number of nitrogens with zero attached hydrogens (tertiary/aromatic N) is 1. The fraction of sp³-hybridized carbons (Fsp3) is 0.190. The van der Waals surface area contributed by atoms with Gasteiger partial charge in [0.05, 0.1) is 11.3 Å². The number of allylic oxidation sites excluding steroid dienone is 2. The number of nitrogens with one attached hydrogen (secondary N) is 1. The van der Waals surface area contributed by atoms with Crippen LogP contribution < -0.4 is 5.32 Å². The highest BCUT2D eigenvalue weighted by atomic mass is 16.3. The van der Waals surface area contributed by atoms with Crippen molar-refractivity contribution >= 4 is 23.6 Å². The van der Waals surface area contributed by atoms with E-state index in [-0.39, 0.29) is 28.9 Å². The van der Waals surface area contributed by atoms with Crippen molar-refractivity contribution in [2.24, 2.45) is 4.99 Å². The Balaban J connectivity index is 1.60. The SMILES string of the molecule is O=C1CC(c2ccccc2)CC(O)=C1C=Nc1cccc2c1CNC2=O. The third kappa shape index (κ3) is 2.92. The van der Waals surface area contributed by atoms with Crippen LogP contribution in [0.15, 0.2) is 64.9 Å². The Morgan fingerprint density at radius 1 is 1.04 bits per heavy atom. The normalized spacial score (nSPS) is 19.8. The second-order valence-electron chi connectivity index (χ2n) is 6.54. The van der Waals surface area contributed by atoms with Crippen LogP contribution in [0, 0.1) is 0 Å². The highest BCUT2D eigenvalue weighted by Gasteiger charge is 2.28. The predicted molar refractivity (Wildman–Crippen MR) is 98.8 cm³/mol. The van der Waals surface area contributed by atoms with Gasteiger partial charge in [0.1, 0.15) is 5.76 Å². The van der Waals surface area contributed by atoms with Crippen LogP contribution in [0.3, 0.4) is 0 Å². The maximum Gasteiger partial charge on any atom is 0.251 e. The van der Waals surface area contributed by atoms with Crippen LogP contribution in [-0.4, -0.2) is 23.0 Å². The molecule has 1 heterocycles. The van der Waals surface area contributed by atoms with Gasteiger partial charge in [0.25, 0.3) is 5.91 Å². The molecule has 0 fully saturated rings. The van der Waals surface area contributed by atoms with Gasteiger partial charge in [-0.25, -0.2) is 0 Å². The summed E-state index contributed by atoms with van der Waals surface area (Å²) in [5.74, 6) is -0.170. The highest BCUT2D eigenvalue weighted by Crippen LogP contribution is 2.33. The van der Waals surface area contributed by atoms with Crippen LogP contribution >= 0.6 is 0 Å². The van der Waals surface area contributed by atoms with Crippen molar-refractivity contribution in [1.82, 2.24) is 5.32 Å². The number of benzene rings is 2. The molecule has 2 aromatic rings. The molecule has 1 atom stereocenters. The Labute approximate surface area is 151 Å². The van der Waals surface area contributed by atoms with Crippen LogP contribution in [0.25, 0.3) is 0 Å². The van der Waals surface area contributed by atoms with Crippen LogP contribution in [-0.2, 0) is 11.3 Å². The number of fused-ring (bicyclic) bond motifs is 1. The molecule has 1 aliphatic carbocycles.